The quantitative estimate of drug-likeness (QED) is 0.00797. The van der Waals surface area contributed by atoms with Crippen molar-refractivity contribution in [1.82, 2.24) is 0 Å². The molecule has 0 aliphatic carbocycles. The first-order valence-electron chi connectivity index (χ1n) is 42.0. The van der Waals surface area contributed by atoms with Crippen molar-refractivity contribution in [3.05, 3.63) is 207 Å². The number of ether oxygens (including phenoxy) is 7. The molecule has 12 aromatic rings. The number of carboxylic acids is 2. The van der Waals surface area contributed by atoms with E-state index in [1.807, 2.05) is 105 Å². The van der Waals surface area contributed by atoms with Gasteiger partial charge in [-0.3, -0.25) is 38.4 Å². The van der Waals surface area contributed by atoms with Gasteiger partial charge in [0.05, 0.1) is 63.9 Å². The van der Waals surface area contributed by atoms with Crippen molar-refractivity contribution in [2.45, 2.75) is 207 Å². The minimum absolute atomic E-state index is 0.124. The Morgan fingerprint density at radius 3 is 1.25 bits per heavy atom. The summed E-state index contributed by atoms with van der Waals surface area (Å²) in [6.07, 6.45) is 10.3. The number of carbonyl (C=O) groups is 8. The molecule has 12 rings (SSSR count). The number of rotatable bonds is 46. The Labute approximate surface area is 817 Å². The second kappa shape index (κ2) is 63.2. The van der Waals surface area contributed by atoms with Crippen LogP contribution < -0.4 is 15.2 Å². The lowest BCUT2D eigenvalue weighted by atomic mass is 10.1. The van der Waals surface area contributed by atoms with Crippen molar-refractivity contribution < 1.29 is 95.7 Å². The lowest BCUT2D eigenvalue weighted by Crippen LogP contribution is -2.10. The van der Waals surface area contributed by atoms with E-state index in [9.17, 15) is 38.4 Å². The Kier molecular flexibility index (Phi) is 54.7. The number of hydrogen-bond donors (Lipinski definition) is 3. The third kappa shape index (κ3) is 42.5. The highest BCUT2D eigenvalue weighted by molar-refractivity contribution is 7.94. The van der Waals surface area contributed by atoms with Crippen LogP contribution in [0.2, 0.25) is 0 Å². The zero-order valence-electron chi connectivity index (χ0n) is 76.9. The number of carbonyl (C=O) groups excluding carboxylic acids is 6. The Morgan fingerprint density at radius 1 is 0.346 bits per heavy atom. The van der Waals surface area contributed by atoms with Crippen molar-refractivity contribution in [1.29, 1.82) is 0 Å². The van der Waals surface area contributed by atoms with Crippen molar-refractivity contribution in [3.8, 4) is 50.5 Å². The normalized spacial score (nSPS) is 10.4. The summed E-state index contributed by atoms with van der Waals surface area (Å²) >= 11 is 22.4. The number of nitrogens with two attached hydrogens (primary N) is 1. The molecule has 21 nitrogen and oxygen atoms in total. The molecule has 12 aromatic heterocycles. The van der Waals surface area contributed by atoms with Gasteiger partial charge in [0.1, 0.15) is 31.3 Å². The largest absolute Gasteiger partial charge is 0.492 e. The molecule has 0 aliphatic rings. The zero-order valence-corrected chi connectivity index (χ0v) is 87.6. The van der Waals surface area contributed by atoms with Crippen molar-refractivity contribution in [2.75, 3.05) is 59.4 Å². The molecule has 0 amide bonds. The maximum absolute atomic E-state index is 10.9. The summed E-state index contributed by atoms with van der Waals surface area (Å²) in [6, 6.07) is 30.0. The number of thiophene rings is 12. The van der Waals surface area contributed by atoms with Crippen LogP contribution in [0.15, 0.2) is 84.9 Å². The highest BCUT2D eigenvalue weighted by Gasteiger charge is 2.19. The van der Waals surface area contributed by atoms with Gasteiger partial charge in [-0.1, -0.05) is 26.2 Å². The summed E-state index contributed by atoms with van der Waals surface area (Å²) < 4.78 is 39.3. The Bertz CT molecular complexity index is 5280. The second-order valence-corrected chi connectivity index (χ2v) is 45.9. The molecular weight excluding hydrogens is 1900 g/mol. The third-order valence-corrected chi connectivity index (χ3v) is 32.6. The molecule has 0 aromatic carbocycles. The van der Waals surface area contributed by atoms with Crippen LogP contribution in [0.1, 0.15) is 168 Å². The number of hydrogen-bond acceptors (Lipinski definition) is 32. The number of unbranched alkanes of at least 4 members (excludes halogenated alkanes) is 3. The van der Waals surface area contributed by atoms with Gasteiger partial charge in [0.25, 0.3) is 25.9 Å². The molecule has 34 heteroatoms. The van der Waals surface area contributed by atoms with Gasteiger partial charge in [-0.15, -0.1) is 136 Å². The summed E-state index contributed by atoms with van der Waals surface area (Å²) in [7, 11) is 0. The molecular formula is C96H121NO20S13. The van der Waals surface area contributed by atoms with Gasteiger partial charge in [0.2, 0.25) is 0 Å². The molecule has 0 atom stereocenters. The topological polar surface area (TPSA) is 295 Å². The fraction of sp³-hybridized carbons (Fsp3) is 0.417. The van der Waals surface area contributed by atoms with Crippen LogP contribution in [0, 0.1) is 111 Å². The predicted octanol–water partition coefficient (Wildman–Crippen LogP) is 26.0. The first-order valence-corrected chi connectivity index (χ1v) is 52.7. The molecule has 4 N–H and O–H groups in total. The molecule has 0 radical (unpaired) electrons. The number of aliphatic carboxylic acids is 2. The lowest BCUT2D eigenvalue weighted by Gasteiger charge is -2.06. The molecule has 12 heterocycles. The van der Waals surface area contributed by atoms with E-state index in [0.29, 0.717) is 98.2 Å². The van der Waals surface area contributed by atoms with Gasteiger partial charge < -0.3 is 58.2 Å². The molecule has 0 saturated carbocycles. The second-order valence-electron chi connectivity index (χ2n) is 29.2. The summed E-state index contributed by atoms with van der Waals surface area (Å²) in [5.74, 6) is 1.09. The SMILES string of the molecule is CCCCCCc1cc(C)sc1-c1cc(CC(=O)O)c(C)s1.Cc1cc(COOC=O)c(C)s1.Cc1cc(CSOC=O)c(C)s1.Cc1cc(OCCCOC=O)c(C)s1.Cc1cc(OCCOCCOC=O)c(C)s1.Cc1ccc(-c2cc(CCOC=O)c(C)s2)s1.Cc1ccc(-c2sc(C)cc2CCN)s1.Cc1sc(-c2cc(CCC(=O)O)c(C)s2)cc1CCOC=O. The van der Waals surface area contributed by atoms with E-state index in [0.717, 1.165) is 77.5 Å². The van der Waals surface area contributed by atoms with Crippen molar-refractivity contribution >= 4 is 199 Å². The molecule has 0 fully saturated rings. The summed E-state index contributed by atoms with van der Waals surface area (Å²) in [5, 5.41) is 17.8. The lowest BCUT2D eigenvalue weighted by molar-refractivity contribution is -0.266. The van der Waals surface area contributed by atoms with Crippen LogP contribution in [0.25, 0.3) is 39.0 Å². The van der Waals surface area contributed by atoms with Crippen molar-refractivity contribution in [2.24, 2.45) is 5.73 Å². The molecule has 130 heavy (non-hydrogen) atoms. The summed E-state index contributed by atoms with van der Waals surface area (Å²) in [4.78, 5) is 120. The minimum Gasteiger partial charge on any atom is -0.492 e. The van der Waals surface area contributed by atoms with Gasteiger partial charge in [-0.2, -0.15) is 4.89 Å². The van der Waals surface area contributed by atoms with Gasteiger partial charge in [0, 0.05) is 143 Å². The molecule has 0 aliphatic heterocycles. The van der Waals surface area contributed by atoms with Crippen LogP contribution >= 0.6 is 148 Å². The summed E-state index contributed by atoms with van der Waals surface area (Å²) in [6.45, 7) is 42.6. The Hall–Kier alpha value is -8.01. The third-order valence-electron chi connectivity index (χ3n) is 18.7. The molecule has 0 spiro atoms. The first kappa shape index (κ1) is 112. The highest BCUT2D eigenvalue weighted by atomic mass is 32.2. The van der Waals surface area contributed by atoms with Crippen LogP contribution in [0.5, 0.6) is 11.5 Å². The number of carboxylic acid groups (broad SMARTS) is 2. The standard InChI is InChI=1S/C18H24O2S2.C16H18O4S2.C13H14O2S2.C12H15NS2.C11H16O4S.C10H14O3S.C8H10O3S.C8H10O2S2/c1-4-5-6-7-8-14-9-12(2)21-18(14)16-10-15(11-17(19)20)13(3)22-16;1-10-12(3-4-16(18)19)7-14(21-10)15-8-13(11(2)22-15)5-6-20-9-17;1-9-3-4-12(16-9)13-7-11(10(2)17-13)5-6-15-8-14;1-8-3-4-11(14-8)12-10(5-6-13)7-9(2)15-12;1-9-7-11(10(2)16-9)15-6-5-13-3-4-14-8-12;1-8-6-10(9(2)14-8)13-5-3-4-12-7-11;1-6-3-8(7(2)12-6)4-10-11-5-9;1-6-3-8(7(2)12-6)4-11-10-5-9/h9-10H,4-8,11H2,1-3H3,(H,19,20);7-9H,3-6H2,1-2H3,(H,18,19);3-4,7-8H,5-6H2,1-2H3;3-4,7H,5-6,13H2,1-2H3;7-8H,3-6H2,1-2H3;6-7H,3-5H2,1-2H3;2*3,5H,4H2,1-2H3. The van der Waals surface area contributed by atoms with Crippen LogP contribution in [-0.2, 0) is 127 Å². The van der Waals surface area contributed by atoms with Gasteiger partial charge in [0.15, 0.2) is 0 Å². The van der Waals surface area contributed by atoms with Gasteiger partial charge in [-0.25, -0.2) is 0 Å². The fourth-order valence-electron chi connectivity index (χ4n) is 12.5. The predicted molar refractivity (Wildman–Crippen MR) is 544 cm³/mol. The molecule has 0 unspecified atom stereocenters. The maximum Gasteiger partial charge on any atom is 0.330 e. The van der Waals surface area contributed by atoms with Crippen LogP contribution in [0.3, 0.4) is 0 Å². The fourth-order valence-corrected chi connectivity index (χ4v) is 25.3. The minimum atomic E-state index is -0.767. The average Bonchev–Trinajstić information content (AvgIpc) is 1.67. The van der Waals surface area contributed by atoms with E-state index in [1.165, 1.54) is 178 Å². The average molecular weight is 2030 g/mol. The van der Waals surface area contributed by atoms with E-state index >= 15 is 0 Å². The summed E-state index contributed by atoms with van der Waals surface area (Å²) in [5.41, 5.74) is 15.3. The smallest absolute Gasteiger partial charge is 0.330 e. The monoisotopic (exact) mass is 2020 g/mol. The number of aryl methyl sites for hydroxylation is 18. The highest BCUT2D eigenvalue weighted by Crippen LogP contribution is 2.43. The molecule has 0 bridgehead atoms. The molecule has 0 saturated heterocycles. The van der Waals surface area contributed by atoms with E-state index in [1.54, 1.807) is 90.7 Å². The Morgan fingerprint density at radius 2 is 0.777 bits per heavy atom. The van der Waals surface area contributed by atoms with Crippen LogP contribution in [0.4, 0.5) is 0 Å². The van der Waals surface area contributed by atoms with Crippen molar-refractivity contribution in [3.63, 3.8) is 0 Å². The van der Waals surface area contributed by atoms with E-state index in [-0.39, 0.29) is 19.3 Å². The van der Waals surface area contributed by atoms with Gasteiger partial charge in [-0.05, 0) is 272 Å². The maximum atomic E-state index is 10.9. The van der Waals surface area contributed by atoms with E-state index < -0.39 is 11.9 Å². The van der Waals surface area contributed by atoms with E-state index in [4.69, 9.17) is 39.6 Å². The van der Waals surface area contributed by atoms with E-state index in [2.05, 4.69) is 166 Å². The van der Waals surface area contributed by atoms with Crippen LogP contribution in [-0.4, -0.2) is 120 Å². The molecule has 708 valence electrons. The zero-order chi connectivity index (χ0) is 95.5. The Balaban J connectivity index is 0.000000265. The first-order chi connectivity index (χ1) is 62.4. The van der Waals surface area contributed by atoms with Gasteiger partial charge >= 0.3 is 24.9 Å².